The summed E-state index contributed by atoms with van der Waals surface area (Å²) in [6, 6.07) is 8.07. The van der Waals surface area contributed by atoms with Gasteiger partial charge in [0.25, 0.3) is 0 Å². The molecule has 0 aliphatic heterocycles. The first-order chi connectivity index (χ1) is 6.40. The fourth-order valence-electron chi connectivity index (χ4n) is 1.06. The normalized spacial score (nSPS) is 11.1. The summed E-state index contributed by atoms with van der Waals surface area (Å²) in [6.07, 6.45) is 6.52. The lowest BCUT2D eigenvalue weighted by molar-refractivity contribution is 1.41. The van der Waals surface area contributed by atoms with Gasteiger partial charge in [0, 0.05) is 6.08 Å². The van der Waals surface area contributed by atoms with Gasteiger partial charge in [-0.2, -0.15) is 0 Å². The molecule has 1 aromatic carbocycles. The highest BCUT2D eigenvalue weighted by molar-refractivity contribution is 7.18. The second kappa shape index (κ2) is 3.54. The topological polar surface area (TPSA) is 12.9 Å². The van der Waals surface area contributed by atoms with Crippen molar-refractivity contribution in [1.29, 1.82) is 0 Å². The molecule has 0 saturated carbocycles. The van der Waals surface area contributed by atoms with Crippen molar-refractivity contribution in [2.75, 3.05) is 0 Å². The van der Waals surface area contributed by atoms with Gasteiger partial charge in [0.15, 0.2) is 0 Å². The van der Waals surface area contributed by atoms with Gasteiger partial charge in [0.2, 0.25) is 0 Å². The molecule has 0 spiro atoms. The number of para-hydroxylation sites is 1. The van der Waals surface area contributed by atoms with Gasteiger partial charge in [-0.1, -0.05) is 30.9 Å². The Morgan fingerprint density at radius 2 is 2.23 bits per heavy atom. The monoisotopic (exact) mass is 186 g/mol. The van der Waals surface area contributed by atoms with Gasteiger partial charge in [-0.05, 0) is 12.1 Å². The maximum absolute atomic E-state index is 4.38. The van der Waals surface area contributed by atoms with E-state index in [-0.39, 0.29) is 0 Å². The van der Waals surface area contributed by atoms with E-state index in [2.05, 4.69) is 23.7 Å². The molecule has 0 unspecified atom stereocenters. The molecule has 0 saturated heterocycles. The van der Waals surface area contributed by atoms with Crippen LogP contribution in [0.25, 0.3) is 10.2 Å². The molecule has 1 nitrogen and oxygen atoms in total. The van der Waals surface area contributed by atoms with Crippen LogP contribution in [0.2, 0.25) is 0 Å². The molecule has 2 rings (SSSR count). The van der Waals surface area contributed by atoms with Crippen LogP contribution in [0.5, 0.6) is 0 Å². The van der Waals surface area contributed by atoms with Crippen LogP contribution in [0, 0.1) is 6.08 Å². The van der Waals surface area contributed by atoms with Crippen LogP contribution >= 0.6 is 11.3 Å². The maximum Gasteiger partial charge on any atom is 0.125 e. The molecule has 1 heterocycles. The number of rotatable bonds is 2. The summed E-state index contributed by atoms with van der Waals surface area (Å²) in [5.74, 6) is 0. The molecule has 0 aliphatic carbocycles. The maximum atomic E-state index is 4.38. The van der Waals surface area contributed by atoms with E-state index < -0.39 is 0 Å². The zero-order chi connectivity index (χ0) is 9.10. The quantitative estimate of drug-likeness (QED) is 0.656. The highest BCUT2D eigenvalue weighted by Gasteiger charge is 1.98. The highest BCUT2D eigenvalue weighted by Crippen LogP contribution is 2.21. The largest absolute Gasteiger partial charge is 0.236 e. The van der Waals surface area contributed by atoms with Crippen LogP contribution < -0.4 is 0 Å². The van der Waals surface area contributed by atoms with Crippen LogP contribution in [0.1, 0.15) is 5.01 Å². The summed E-state index contributed by atoms with van der Waals surface area (Å²) in [5, 5.41) is 0.904. The predicted octanol–water partition coefficient (Wildman–Crippen LogP) is 3.19. The van der Waals surface area contributed by atoms with Crippen molar-refractivity contribution in [2.24, 2.45) is 0 Å². The van der Waals surface area contributed by atoms with Gasteiger partial charge in [-0.25, -0.2) is 4.98 Å². The SMILES string of the molecule is C=C/C=[C]\c1nc2ccccc2s1. The molecule has 0 bridgehead atoms. The molecular formula is C11H8NS. The Morgan fingerprint density at radius 3 is 3.00 bits per heavy atom. The average Bonchev–Trinajstić information content (AvgIpc) is 2.57. The molecule has 1 radical (unpaired) electrons. The zero-order valence-corrected chi connectivity index (χ0v) is 7.84. The second-order valence-corrected chi connectivity index (χ2v) is 3.56. The summed E-state index contributed by atoms with van der Waals surface area (Å²) >= 11 is 1.64. The first kappa shape index (κ1) is 8.20. The third-order valence-corrected chi connectivity index (χ3v) is 2.59. The number of hydrogen-bond donors (Lipinski definition) is 0. The van der Waals surface area contributed by atoms with E-state index in [1.807, 2.05) is 18.2 Å². The van der Waals surface area contributed by atoms with Crippen molar-refractivity contribution in [3.8, 4) is 0 Å². The Kier molecular flexibility index (Phi) is 2.23. The summed E-state index contributed by atoms with van der Waals surface area (Å²) in [6.45, 7) is 3.59. The average molecular weight is 186 g/mol. The number of benzene rings is 1. The van der Waals surface area contributed by atoms with Crippen molar-refractivity contribution in [2.45, 2.75) is 0 Å². The van der Waals surface area contributed by atoms with Gasteiger partial charge < -0.3 is 0 Å². The summed E-state index contributed by atoms with van der Waals surface area (Å²) < 4.78 is 1.20. The molecule has 2 heteroatoms. The molecule has 13 heavy (non-hydrogen) atoms. The van der Waals surface area contributed by atoms with E-state index in [4.69, 9.17) is 0 Å². The summed E-state index contributed by atoms with van der Waals surface area (Å²) in [4.78, 5) is 4.38. The van der Waals surface area contributed by atoms with Gasteiger partial charge in [-0.15, -0.1) is 11.3 Å². The molecule has 0 amide bonds. The number of fused-ring (bicyclic) bond motifs is 1. The Labute approximate surface area is 81.1 Å². The van der Waals surface area contributed by atoms with E-state index in [1.165, 1.54) is 4.70 Å². The summed E-state index contributed by atoms with van der Waals surface area (Å²) in [7, 11) is 0. The number of thiazole rings is 1. The fourth-order valence-corrected chi connectivity index (χ4v) is 1.91. The molecule has 63 valence electrons. The van der Waals surface area contributed by atoms with E-state index in [0.717, 1.165) is 10.5 Å². The smallest absolute Gasteiger partial charge is 0.125 e. The Hall–Kier alpha value is -1.41. The minimum absolute atomic E-state index is 0.904. The van der Waals surface area contributed by atoms with Gasteiger partial charge in [0.1, 0.15) is 5.01 Å². The van der Waals surface area contributed by atoms with Crippen molar-refractivity contribution in [1.82, 2.24) is 4.98 Å². The molecule has 0 N–H and O–H groups in total. The first-order valence-electron chi connectivity index (χ1n) is 3.96. The third kappa shape index (κ3) is 1.68. The number of nitrogens with zero attached hydrogens (tertiary/aromatic N) is 1. The molecular weight excluding hydrogens is 178 g/mol. The van der Waals surface area contributed by atoms with Crippen LogP contribution in [0.4, 0.5) is 0 Å². The Morgan fingerprint density at radius 1 is 1.38 bits per heavy atom. The number of aromatic nitrogens is 1. The molecule has 0 aliphatic rings. The number of hydrogen-bond acceptors (Lipinski definition) is 2. The van der Waals surface area contributed by atoms with E-state index in [1.54, 1.807) is 23.5 Å². The van der Waals surface area contributed by atoms with Crippen LogP contribution in [-0.4, -0.2) is 4.98 Å². The lowest BCUT2D eigenvalue weighted by Crippen LogP contribution is -1.68. The fraction of sp³-hybridized carbons (Fsp3) is 0. The second-order valence-electron chi connectivity index (χ2n) is 2.53. The predicted molar refractivity (Wildman–Crippen MR) is 56.7 cm³/mol. The van der Waals surface area contributed by atoms with Crippen LogP contribution in [-0.2, 0) is 0 Å². The number of allylic oxidation sites excluding steroid dienone is 2. The van der Waals surface area contributed by atoms with Crippen molar-refractivity contribution >= 4 is 21.6 Å². The van der Waals surface area contributed by atoms with Gasteiger partial charge in [-0.3, -0.25) is 0 Å². The standard InChI is InChI=1S/C11H8NS/c1-2-3-8-11-12-9-6-4-5-7-10(9)13-11/h2-7H,1H2. The van der Waals surface area contributed by atoms with Gasteiger partial charge in [0.05, 0.1) is 10.2 Å². The minimum Gasteiger partial charge on any atom is -0.236 e. The molecule has 2 aromatic rings. The molecule has 1 aromatic heterocycles. The van der Waals surface area contributed by atoms with E-state index in [9.17, 15) is 0 Å². The minimum atomic E-state index is 0.904. The van der Waals surface area contributed by atoms with E-state index >= 15 is 0 Å². The molecule has 0 atom stereocenters. The lowest BCUT2D eigenvalue weighted by atomic mass is 10.3. The van der Waals surface area contributed by atoms with E-state index in [0.29, 0.717) is 0 Å². The first-order valence-corrected chi connectivity index (χ1v) is 4.78. The Bertz CT molecular complexity index is 421. The lowest BCUT2D eigenvalue weighted by Gasteiger charge is -1.80. The van der Waals surface area contributed by atoms with Crippen molar-refractivity contribution in [3.05, 3.63) is 54.1 Å². The van der Waals surface area contributed by atoms with Crippen molar-refractivity contribution in [3.63, 3.8) is 0 Å². The zero-order valence-electron chi connectivity index (χ0n) is 7.03. The van der Waals surface area contributed by atoms with Crippen LogP contribution in [0.15, 0.2) is 43.0 Å². The van der Waals surface area contributed by atoms with Crippen molar-refractivity contribution < 1.29 is 0 Å². The summed E-state index contributed by atoms with van der Waals surface area (Å²) in [5.41, 5.74) is 1.03. The highest BCUT2D eigenvalue weighted by atomic mass is 32.1. The van der Waals surface area contributed by atoms with Crippen LogP contribution in [0.3, 0.4) is 0 Å². The Balaban J connectivity index is 2.49. The molecule has 0 fully saturated rings. The third-order valence-electron chi connectivity index (χ3n) is 1.62. The van der Waals surface area contributed by atoms with Gasteiger partial charge >= 0.3 is 0 Å².